The van der Waals surface area contributed by atoms with E-state index < -0.39 is 0 Å². The average molecular weight is 324 g/mol. The Morgan fingerprint density at radius 2 is 1.71 bits per heavy atom. The molecular weight excluding hydrogens is 300 g/mol. The molecule has 0 bridgehead atoms. The summed E-state index contributed by atoms with van der Waals surface area (Å²) in [7, 11) is 0. The van der Waals surface area contributed by atoms with Crippen LogP contribution in [-0.4, -0.2) is 48.5 Å². The number of carbonyl (C=O) groups excluding carboxylic acids is 1. The van der Waals surface area contributed by atoms with E-state index in [1.54, 1.807) is 0 Å². The molecule has 3 rings (SSSR count). The van der Waals surface area contributed by atoms with E-state index >= 15 is 0 Å². The molecule has 4 nitrogen and oxygen atoms in total. The van der Waals surface area contributed by atoms with Gasteiger partial charge in [-0.1, -0.05) is 48.5 Å². The summed E-state index contributed by atoms with van der Waals surface area (Å²) in [5, 5.41) is 0. The normalized spacial score (nSPS) is 18.3. The molecule has 1 unspecified atom stereocenters. The van der Waals surface area contributed by atoms with Crippen LogP contribution in [0.3, 0.4) is 0 Å². The van der Waals surface area contributed by atoms with Crippen molar-refractivity contribution in [2.45, 2.75) is 19.0 Å². The molecule has 1 fully saturated rings. The molecule has 126 valence electrons. The zero-order valence-corrected chi connectivity index (χ0v) is 13.9. The fourth-order valence-corrected chi connectivity index (χ4v) is 3.14. The van der Waals surface area contributed by atoms with Gasteiger partial charge in [-0.2, -0.15) is 0 Å². The van der Waals surface area contributed by atoms with Crippen molar-refractivity contribution in [2.75, 3.05) is 26.2 Å². The summed E-state index contributed by atoms with van der Waals surface area (Å²) in [5.74, 6) is 0.882. The first-order chi connectivity index (χ1) is 11.8. The third kappa shape index (κ3) is 4.59. The first-order valence-electron chi connectivity index (χ1n) is 8.50. The van der Waals surface area contributed by atoms with Gasteiger partial charge >= 0.3 is 0 Å². The van der Waals surface area contributed by atoms with Crippen LogP contribution in [-0.2, 0) is 11.3 Å². The molecule has 1 heterocycles. The van der Waals surface area contributed by atoms with Gasteiger partial charge in [0.2, 0.25) is 6.41 Å². The Morgan fingerprint density at radius 3 is 2.42 bits per heavy atom. The third-order valence-corrected chi connectivity index (χ3v) is 4.46. The zero-order chi connectivity index (χ0) is 16.6. The predicted octanol–water partition coefficient (Wildman–Crippen LogP) is 2.80. The largest absolute Gasteiger partial charge is 0.494 e. The Hall–Kier alpha value is -2.33. The Labute approximate surface area is 143 Å². The lowest BCUT2D eigenvalue weighted by molar-refractivity contribution is -0.123. The Kier molecular flexibility index (Phi) is 5.85. The highest BCUT2D eigenvalue weighted by molar-refractivity contribution is 5.48. The fraction of sp³-hybridized carbons (Fsp3) is 0.350. The molecule has 1 saturated heterocycles. The van der Waals surface area contributed by atoms with E-state index in [1.165, 1.54) is 5.56 Å². The Morgan fingerprint density at radius 1 is 1.00 bits per heavy atom. The lowest BCUT2D eigenvalue weighted by Crippen LogP contribution is -2.52. The molecule has 1 atom stereocenters. The van der Waals surface area contributed by atoms with Gasteiger partial charge in [-0.25, -0.2) is 0 Å². The maximum Gasteiger partial charge on any atom is 0.210 e. The number of hydrogen-bond acceptors (Lipinski definition) is 3. The monoisotopic (exact) mass is 324 g/mol. The van der Waals surface area contributed by atoms with Crippen molar-refractivity contribution in [2.24, 2.45) is 0 Å². The lowest BCUT2D eigenvalue weighted by atomic mass is 10.1. The van der Waals surface area contributed by atoms with Crippen molar-refractivity contribution in [1.29, 1.82) is 0 Å². The van der Waals surface area contributed by atoms with Crippen molar-refractivity contribution >= 4 is 6.41 Å². The molecule has 1 aliphatic rings. The van der Waals surface area contributed by atoms with E-state index in [2.05, 4.69) is 29.2 Å². The number of nitrogens with zero attached hydrogens (tertiary/aromatic N) is 2. The SMILES string of the molecule is O=CN1CCN(Cc2ccccc2)CC1CCOc1ccccc1. The maximum absolute atomic E-state index is 11.3. The Balaban J connectivity index is 1.52. The van der Waals surface area contributed by atoms with Crippen LogP contribution in [0.4, 0.5) is 0 Å². The van der Waals surface area contributed by atoms with Crippen LogP contribution in [0.5, 0.6) is 5.75 Å². The van der Waals surface area contributed by atoms with E-state index in [4.69, 9.17) is 4.74 Å². The van der Waals surface area contributed by atoms with Gasteiger partial charge in [0.15, 0.2) is 0 Å². The average Bonchev–Trinajstić information content (AvgIpc) is 2.64. The molecule has 4 heteroatoms. The van der Waals surface area contributed by atoms with Gasteiger partial charge in [0.1, 0.15) is 5.75 Å². The van der Waals surface area contributed by atoms with Crippen LogP contribution in [0.1, 0.15) is 12.0 Å². The summed E-state index contributed by atoms with van der Waals surface area (Å²) in [4.78, 5) is 15.7. The smallest absolute Gasteiger partial charge is 0.210 e. The highest BCUT2D eigenvalue weighted by atomic mass is 16.5. The number of hydrogen-bond donors (Lipinski definition) is 0. The summed E-state index contributed by atoms with van der Waals surface area (Å²) in [5.41, 5.74) is 1.32. The van der Waals surface area contributed by atoms with Gasteiger partial charge in [-0.3, -0.25) is 9.69 Å². The fourth-order valence-electron chi connectivity index (χ4n) is 3.14. The number of amides is 1. The number of benzene rings is 2. The summed E-state index contributed by atoms with van der Waals surface area (Å²) >= 11 is 0. The van der Waals surface area contributed by atoms with Crippen molar-refractivity contribution in [3.63, 3.8) is 0 Å². The quantitative estimate of drug-likeness (QED) is 0.734. The highest BCUT2D eigenvalue weighted by Crippen LogP contribution is 2.16. The van der Waals surface area contributed by atoms with Crippen molar-refractivity contribution in [3.05, 3.63) is 66.2 Å². The number of piperazine rings is 1. The summed E-state index contributed by atoms with van der Waals surface area (Å²) in [6.45, 7) is 4.16. The van der Waals surface area contributed by atoms with Crippen molar-refractivity contribution in [3.8, 4) is 5.75 Å². The van der Waals surface area contributed by atoms with Crippen molar-refractivity contribution in [1.82, 2.24) is 9.80 Å². The van der Waals surface area contributed by atoms with Crippen LogP contribution in [0.2, 0.25) is 0 Å². The highest BCUT2D eigenvalue weighted by Gasteiger charge is 2.25. The molecular formula is C20H24N2O2. The van der Waals surface area contributed by atoms with Crippen molar-refractivity contribution < 1.29 is 9.53 Å². The summed E-state index contributed by atoms with van der Waals surface area (Å²) < 4.78 is 5.79. The minimum atomic E-state index is 0.212. The molecule has 0 N–H and O–H groups in total. The van der Waals surface area contributed by atoms with E-state index in [-0.39, 0.29) is 6.04 Å². The summed E-state index contributed by atoms with van der Waals surface area (Å²) in [6.07, 6.45) is 1.83. The van der Waals surface area contributed by atoms with Crippen LogP contribution in [0.15, 0.2) is 60.7 Å². The molecule has 24 heavy (non-hydrogen) atoms. The predicted molar refractivity (Wildman–Crippen MR) is 94.8 cm³/mol. The third-order valence-electron chi connectivity index (χ3n) is 4.46. The second-order valence-electron chi connectivity index (χ2n) is 6.17. The lowest BCUT2D eigenvalue weighted by Gasteiger charge is -2.39. The van der Waals surface area contributed by atoms with Gasteiger partial charge in [-0.15, -0.1) is 0 Å². The van der Waals surface area contributed by atoms with Crippen LogP contribution >= 0.6 is 0 Å². The molecule has 0 aliphatic carbocycles. The van der Waals surface area contributed by atoms with Crippen LogP contribution < -0.4 is 4.74 Å². The molecule has 0 spiro atoms. The van der Waals surface area contributed by atoms with Gasteiger partial charge in [-0.05, 0) is 17.7 Å². The second kappa shape index (κ2) is 8.50. The van der Waals surface area contributed by atoms with Crippen LogP contribution in [0.25, 0.3) is 0 Å². The van der Waals surface area contributed by atoms with Gasteiger partial charge < -0.3 is 9.64 Å². The summed E-state index contributed by atoms with van der Waals surface area (Å²) in [6, 6.07) is 20.5. The molecule has 2 aromatic carbocycles. The Bertz CT molecular complexity index is 618. The molecule has 0 saturated carbocycles. The number of carbonyl (C=O) groups is 1. The second-order valence-corrected chi connectivity index (χ2v) is 6.17. The van der Waals surface area contributed by atoms with Gasteiger partial charge in [0.05, 0.1) is 6.61 Å². The molecule has 1 amide bonds. The molecule has 2 aromatic rings. The minimum Gasteiger partial charge on any atom is -0.494 e. The van der Waals surface area contributed by atoms with E-state index in [0.29, 0.717) is 6.61 Å². The minimum absolute atomic E-state index is 0.212. The van der Waals surface area contributed by atoms with E-state index in [9.17, 15) is 4.79 Å². The first-order valence-corrected chi connectivity index (χ1v) is 8.50. The number of ether oxygens (including phenoxy) is 1. The van der Waals surface area contributed by atoms with Crippen LogP contribution in [0, 0.1) is 0 Å². The van der Waals surface area contributed by atoms with E-state index in [1.807, 2.05) is 41.3 Å². The van der Waals surface area contributed by atoms with Gasteiger partial charge in [0.25, 0.3) is 0 Å². The molecule has 1 aliphatic heterocycles. The van der Waals surface area contributed by atoms with E-state index in [0.717, 1.165) is 44.8 Å². The first kappa shape index (κ1) is 16.5. The topological polar surface area (TPSA) is 32.8 Å². The number of rotatable bonds is 7. The number of para-hydroxylation sites is 1. The maximum atomic E-state index is 11.3. The molecule has 0 radical (unpaired) electrons. The van der Waals surface area contributed by atoms with Gasteiger partial charge in [0, 0.05) is 38.6 Å². The zero-order valence-electron chi connectivity index (χ0n) is 13.9. The molecule has 0 aromatic heterocycles. The standard InChI is InChI=1S/C20H24N2O2/c23-17-22-13-12-21(15-18-7-3-1-4-8-18)16-19(22)11-14-24-20-9-5-2-6-10-20/h1-10,17,19H,11-16H2.